The molecule has 5 rings (SSSR count). The van der Waals surface area contributed by atoms with Gasteiger partial charge in [-0.25, -0.2) is 15.0 Å². The van der Waals surface area contributed by atoms with Crippen LogP contribution in [0, 0.1) is 6.92 Å². The van der Waals surface area contributed by atoms with Crippen molar-refractivity contribution < 1.29 is 20.1 Å². The number of anilines is 1. The van der Waals surface area contributed by atoms with Crippen molar-refractivity contribution in [3.8, 4) is 0 Å². The molecular weight excluding hydrogens is 430 g/mol. The first-order valence-corrected chi connectivity index (χ1v) is 11.8. The highest BCUT2D eigenvalue weighted by Gasteiger charge is 2.44. The Morgan fingerprint density at radius 1 is 1.12 bits per heavy atom. The van der Waals surface area contributed by atoms with Crippen LogP contribution in [-0.2, 0) is 4.74 Å². The van der Waals surface area contributed by atoms with Gasteiger partial charge in [0.2, 0.25) is 0 Å². The van der Waals surface area contributed by atoms with Crippen LogP contribution in [-0.4, -0.2) is 71.0 Å². The third-order valence-electron chi connectivity index (χ3n) is 6.27. The maximum Gasteiger partial charge on any atom is 0.167 e. The summed E-state index contributed by atoms with van der Waals surface area (Å²) in [5.41, 5.74) is 2.19. The van der Waals surface area contributed by atoms with Gasteiger partial charge in [-0.1, -0.05) is 18.2 Å². The van der Waals surface area contributed by atoms with E-state index in [1.54, 1.807) is 22.7 Å². The largest absolute Gasteiger partial charge is 0.391 e. The smallest absolute Gasteiger partial charge is 0.167 e. The lowest BCUT2D eigenvalue weighted by molar-refractivity contribution is -0.0289. The standard InChI is InChI=1S/C22H27N5O4S/c1-12-5-2-3-8-16(12)32-9-15-18(29)19(30)22(31-15)27-11-25-17-20(23-10-24-21(17)27)26-13-6-4-7-14(13)28/h2-3,5,8,10-11,13-15,18-19,22,28-30H,4,6-7,9H2,1H3,(H,23,24,26)/t13-,14-,15-,18-,19-,22+/m1/s1. The van der Waals surface area contributed by atoms with Gasteiger partial charge in [0.1, 0.15) is 18.5 Å². The van der Waals surface area contributed by atoms with E-state index >= 15 is 0 Å². The quantitative estimate of drug-likeness (QED) is 0.410. The average molecular weight is 458 g/mol. The molecule has 4 N–H and O–H groups in total. The van der Waals surface area contributed by atoms with Gasteiger partial charge < -0.3 is 25.4 Å². The number of aromatic nitrogens is 4. The number of ether oxygens (including phenoxy) is 1. The van der Waals surface area contributed by atoms with Crippen LogP contribution in [0.3, 0.4) is 0 Å². The van der Waals surface area contributed by atoms with E-state index in [-0.39, 0.29) is 6.04 Å². The fraction of sp³-hybridized carbons (Fsp3) is 0.500. The topological polar surface area (TPSA) is 126 Å². The summed E-state index contributed by atoms with van der Waals surface area (Å²) >= 11 is 1.59. The van der Waals surface area contributed by atoms with Crippen LogP contribution in [0.25, 0.3) is 11.2 Å². The molecule has 6 atom stereocenters. The number of aryl methyl sites for hydroxylation is 1. The van der Waals surface area contributed by atoms with E-state index in [0.717, 1.165) is 29.7 Å². The molecule has 1 aromatic carbocycles. The van der Waals surface area contributed by atoms with E-state index in [2.05, 4.69) is 20.3 Å². The molecule has 1 aliphatic heterocycles. The van der Waals surface area contributed by atoms with Gasteiger partial charge in [-0.15, -0.1) is 11.8 Å². The lowest BCUT2D eigenvalue weighted by Crippen LogP contribution is -2.32. The number of rotatable bonds is 6. The van der Waals surface area contributed by atoms with Gasteiger partial charge in [-0.2, -0.15) is 0 Å². The minimum atomic E-state index is -1.11. The fourth-order valence-electron chi connectivity index (χ4n) is 4.42. The number of hydrogen-bond donors (Lipinski definition) is 4. The molecule has 0 unspecified atom stereocenters. The molecule has 10 heteroatoms. The number of nitrogens with one attached hydrogen (secondary N) is 1. The van der Waals surface area contributed by atoms with Crippen molar-refractivity contribution in [2.75, 3.05) is 11.1 Å². The number of benzene rings is 1. The summed E-state index contributed by atoms with van der Waals surface area (Å²) in [6.07, 6.45) is 1.67. The van der Waals surface area contributed by atoms with E-state index in [1.165, 1.54) is 6.33 Å². The van der Waals surface area contributed by atoms with Gasteiger partial charge in [-0.3, -0.25) is 4.57 Å². The van der Waals surface area contributed by atoms with Gasteiger partial charge >= 0.3 is 0 Å². The van der Waals surface area contributed by atoms with Crippen molar-refractivity contribution in [2.24, 2.45) is 0 Å². The molecule has 2 aliphatic rings. The van der Waals surface area contributed by atoms with E-state index in [1.807, 2.05) is 31.2 Å². The van der Waals surface area contributed by atoms with E-state index in [9.17, 15) is 15.3 Å². The summed E-state index contributed by atoms with van der Waals surface area (Å²) in [6, 6.07) is 7.97. The van der Waals surface area contributed by atoms with Gasteiger partial charge in [0, 0.05) is 10.6 Å². The normalized spacial score (nSPS) is 30.2. The van der Waals surface area contributed by atoms with Crippen LogP contribution in [0.5, 0.6) is 0 Å². The Hall–Kier alpha value is -2.24. The van der Waals surface area contributed by atoms with Crippen molar-refractivity contribution in [1.82, 2.24) is 19.5 Å². The lowest BCUT2D eigenvalue weighted by atomic mass is 10.1. The van der Waals surface area contributed by atoms with Crippen LogP contribution in [0.1, 0.15) is 31.1 Å². The summed E-state index contributed by atoms with van der Waals surface area (Å²) in [5.74, 6) is 1.05. The van der Waals surface area contributed by atoms with Crippen LogP contribution < -0.4 is 5.32 Å². The van der Waals surface area contributed by atoms with Crippen LogP contribution >= 0.6 is 11.8 Å². The minimum absolute atomic E-state index is 0.0729. The summed E-state index contributed by atoms with van der Waals surface area (Å²) in [7, 11) is 0. The first-order chi connectivity index (χ1) is 15.5. The third kappa shape index (κ3) is 3.97. The monoisotopic (exact) mass is 457 g/mol. The predicted octanol–water partition coefficient (Wildman–Crippen LogP) is 1.87. The molecule has 32 heavy (non-hydrogen) atoms. The molecule has 1 saturated heterocycles. The number of nitrogens with zero attached hydrogens (tertiary/aromatic N) is 4. The second kappa shape index (κ2) is 8.95. The molecule has 0 amide bonds. The second-order valence-electron chi connectivity index (χ2n) is 8.42. The first-order valence-electron chi connectivity index (χ1n) is 10.8. The SMILES string of the molecule is Cc1ccccc1SC[C@H]1O[C@H](n2cnc3c(N[C@@H]4CCC[C@H]4O)ncnc32)[C@H](O)[C@@H]1O. The van der Waals surface area contributed by atoms with E-state index in [0.29, 0.717) is 22.7 Å². The average Bonchev–Trinajstić information content (AvgIpc) is 3.47. The zero-order chi connectivity index (χ0) is 22.2. The van der Waals surface area contributed by atoms with Crippen molar-refractivity contribution in [2.45, 2.75) is 67.8 Å². The van der Waals surface area contributed by atoms with Gasteiger partial charge in [-0.05, 0) is 37.8 Å². The molecular formula is C22H27N5O4S. The van der Waals surface area contributed by atoms with Gasteiger partial charge in [0.05, 0.1) is 24.6 Å². The fourth-order valence-corrected chi connectivity index (χ4v) is 5.51. The highest BCUT2D eigenvalue weighted by atomic mass is 32.2. The number of fused-ring (bicyclic) bond motifs is 1. The molecule has 1 aliphatic carbocycles. The maximum atomic E-state index is 10.7. The van der Waals surface area contributed by atoms with E-state index in [4.69, 9.17) is 4.74 Å². The van der Waals surface area contributed by atoms with Crippen molar-refractivity contribution in [3.63, 3.8) is 0 Å². The minimum Gasteiger partial charge on any atom is -0.391 e. The van der Waals surface area contributed by atoms with Crippen LogP contribution in [0.2, 0.25) is 0 Å². The Bertz CT molecular complexity index is 1100. The number of aliphatic hydroxyl groups excluding tert-OH is 3. The van der Waals surface area contributed by atoms with Gasteiger partial charge in [0.25, 0.3) is 0 Å². The number of aliphatic hydroxyl groups is 3. The number of imidazole rings is 1. The zero-order valence-corrected chi connectivity index (χ0v) is 18.5. The third-order valence-corrected chi connectivity index (χ3v) is 7.53. The zero-order valence-electron chi connectivity index (χ0n) is 17.7. The predicted molar refractivity (Wildman–Crippen MR) is 120 cm³/mol. The molecule has 0 radical (unpaired) electrons. The molecule has 0 spiro atoms. The second-order valence-corrected chi connectivity index (χ2v) is 9.48. The van der Waals surface area contributed by atoms with Crippen molar-refractivity contribution >= 4 is 28.7 Å². The Balaban J connectivity index is 1.34. The number of thioether (sulfide) groups is 1. The van der Waals surface area contributed by atoms with Crippen molar-refractivity contribution in [1.29, 1.82) is 0 Å². The van der Waals surface area contributed by atoms with Crippen LogP contribution in [0.4, 0.5) is 5.82 Å². The number of hydrogen-bond acceptors (Lipinski definition) is 9. The molecule has 0 bridgehead atoms. The first kappa shape index (κ1) is 21.6. The Morgan fingerprint density at radius 2 is 1.97 bits per heavy atom. The van der Waals surface area contributed by atoms with Crippen molar-refractivity contribution in [3.05, 3.63) is 42.5 Å². The molecule has 2 fully saturated rings. The Morgan fingerprint density at radius 3 is 2.75 bits per heavy atom. The molecule has 3 aromatic rings. The Labute approximate surface area is 189 Å². The summed E-state index contributed by atoms with van der Waals surface area (Å²) in [4.78, 5) is 14.2. The highest BCUT2D eigenvalue weighted by molar-refractivity contribution is 7.99. The molecule has 3 heterocycles. The highest BCUT2D eigenvalue weighted by Crippen LogP contribution is 2.35. The maximum absolute atomic E-state index is 10.7. The molecule has 2 aromatic heterocycles. The van der Waals surface area contributed by atoms with Crippen LogP contribution in [0.15, 0.2) is 41.8 Å². The Kier molecular flexibility index (Phi) is 6.04. The molecule has 9 nitrogen and oxygen atoms in total. The molecule has 170 valence electrons. The molecule has 1 saturated carbocycles. The van der Waals surface area contributed by atoms with E-state index < -0.39 is 30.6 Å². The summed E-state index contributed by atoms with van der Waals surface area (Å²) < 4.78 is 7.71. The summed E-state index contributed by atoms with van der Waals surface area (Å²) in [5, 5.41) is 34.8. The van der Waals surface area contributed by atoms with Gasteiger partial charge in [0.15, 0.2) is 23.2 Å². The lowest BCUT2D eigenvalue weighted by Gasteiger charge is -2.18. The summed E-state index contributed by atoms with van der Waals surface area (Å²) in [6.45, 7) is 2.04.